The standard InChI is InChI=1S/C18H21N5O3/c1-4-17(24)22-10-14(11-22)23-8-7-15(21-23)20-18(25)13-5-6-16(19-9-13)26-12(2)3/h4-9,12,14H,1,10-11H2,2-3H3,(H,20,21,25). The van der Waals surface area contributed by atoms with Crippen molar-refractivity contribution in [2.24, 2.45) is 0 Å². The summed E-state index contributed by atoms with van der Waals surface area (Å²) in [5.74, 6) is 0.547. The Kier molecular flexibility index (Phi) is 5.01. The molecule has 0 saturated carbocycles. The van der Waals surface area contributed by atoms with E-state index >= 15 is 0 Å². The smallest absolute Gasteiger partial charge is 0.258 e. The fraction of sp³-hybridized carbons (Fsp3) is 0.333. The van der Waals surface area contributed by atoms with E-state index in [9.17, 15) is 9.59 Å². The minimum atomic E-state index is -0.295. The SMILES string of the molecule is C=CC(=O)N1CC(n2ccc(NC(=O)c3ccc(OC(C)C)nc3)n2)C1. The van der Waals surface area contributed by atoms with Gasteiger partial charge in [0.2, 0.25) is 11.8 Å². The number of carbonyl (C=O) groups is 2. The van der Waals surface area contributed by atoms with Crippen LogP contribution in [0.2, 0.25) is 0 Å². The van der Waals surface area contributed by atoms with Crippen LogP contribution in [0.25, 0.3) is 0 Å². The van der Waals surface area contributed by atoms with E-state index in [2.05, 4.69) is 22.0 Å². The summed E-state index contributed by atoms with van der Waals surface area (Å²) in [7, 11) is 0. The molecular formula is C18H21N5O3. The van der Waals surface area contributed by atoms with E-state index in [0.717, 1.165) is 0 Å². The highest BCUT2D eigenvalue weighted by Crippen LogP contribution is 2.22. The van der Waals surface area contributed by atoms with Gasteiger partial charge in [-0.15, -0.1) is 0 Å². The average Bonchev–Trinajstić information content (AvgIpc) is 3.01. The first-order valence-electron chi connectivity index (χ1n) is 8.37. The lowest BCUT2D eigenvalue weighted by Crippen LogP contribution is -2.50. The third-order valence-electron chi connectivity index (χ3n) is 3.93. The van der Waals surface area contributed by atoms with Crippen LogP contribution in [0.1, 0.15) is 30.2 Å². The Morgan fingerprint density at radius 2 is 2.12 bits per heavy atom. The third kappa shape index (κ3) is 3.90. The Labute approximate surface area is 151 Å². The zero-order chi connectivity index (χ0) is 18.7. The molecule has 8 nitrogen and oxygen atoms in total. The second-order valence-corrected chi connectivity index (χ2v) is 6.29. The number of nitrogens with zero attached hydrogens (tertiary/aromatic N) is 4. The molecule has 0 atom stereocenters. The molecule has 1 aliphatic rings. The monoisotopic (exact) mass is 355 g/mol. The summed E-state index contributed by atoms with van der Waals surface area (Å²) in [6, 6.07) is 5.15. The fourth-order valence-corrected chi connectivity index (χ4v) is 2.55. The number of amides is 2. The molecule has 0 unspecified atom stereocenters. The topological polar surface area (TPSA) is 89.4 Å². The second-order valence-electron chi connectivity index (χ2n) is 6.29. The van der Waals surface area contributed by atoms with Crippen LogP contribution < -0.4 is 10.1 Å². The van der Waals surface area contributed by atoms with Gasteiger partial charge in [-0.2, -0.15) is 5.10 Å². The molecule has 1 saturated heterocycles. The minimum absolute atomic E-state index is 0.0235. The molecule has 1 N–H and O–H groups in total. The zero-order valence-electron chi connectivity index (χ0n) is 14.8. The highest BCUT2D eigenvalue weighted by molar-refractivity contribution is 6.03. The Morgan fingerprint density at radius 1 is 1.35 bits per heavy atom. The zero-order valence-corrected chi connectivity index (χ0v) is 14.8. The number of anilines is 1. The minimum Gasteiger partial charge on any atom is -0.475 e. The van der Waals surface area contributed by atoms with E-state index in [1.807, 2.05) is 13.8 Å². The van der Waals surface area contributed by atoms with E-state index in [1.165, 1.54) is 12.3 Å². The summed E-state index contributed by atoms with van der Waals surface area (Å²) in [6.45, 7) is 8.46. The third-order valence-corrected chi connectivity index (χ3v) is 3.93. The number of pyridine rings is 1. The molecule has 26 heavy (non-hydrogen) atoms. The van der Waals surface area contributed by atoms with Gasteiger partial charge in [0.15, 0.2) is 5.82 Å². The maximum absolute atomic E-state index is 12.3. The van der Waals surface area contributed by atoms with Crippen molar-refractivity contribution in [2.75, 3.05) is 18.4 Å². The Bertz CT molecular complexity index is 806. The summed E-state index contributed by atoms with van der Waals surface area (Å²) >= 11 is 0. The molecule has 2 aromatic heterocycles. The van der Waals surface area contributed by atoms with Crippen LogP contribution in [-0.4, -0.2) is 50.7 Å². The van der Waals surface area contributed by atoms with Crippen molar-refractivity contribution < 1.29 is 14.3 Å². The number of ether oxygens (including phenoxy) is 1. The highest BCUT2D eigenvalue weighted by Gasteiger charge is 2.31. The molecule has 0 radical (unpaired) electrons. The van der Waals surface area contributed by atoms with E-state index < -0.39 is 0 Å². The normalized spacial score (nSPS) is 14.0. The van der Waals surface area contributed by atoms with E-state index in [-0.39, 0.29) is 24.0 Å². The van der Waals surface area contributed by atoms with Gasteiger partial charge in [0.05, 0.1) is 17.7 Å². The number of hydrogen-bond donors (Lipinski definition) is 1. The molecule has 0 aliphatic carbocycles. The predicted molar refractivity (Wildman–Crippen MR) is 96.0 cm³/mol. The van der Waals surface area contributed by atoms with Crippen LogP contribution in [0.15, 0.2) is 43.2 Å². The maximum Gasteiger partial charge on any atom is 0.258 e. The highest BCUT2D eigenvalue weighted by atomic mass is 16.5. The van der Waals surface area contributed by atoms with Gasteiger partial charge in [-0.05, 0) is 26.0 Å². The van der Waals surface area contributed by atoms with Crippen molar-refractivity contribution in [1.82, 2.24) is 19.7 Å². The molecule has 0 bridgehead atoms. The molecule has 136 valence electrons. The lowest BCUT2D eigenvalue weighted by atomic mass is 10.1. The van der Waals surface area contributed by atoms with E-state index in [0.29, 0.717) is 30.4 Å². The summed E-state index contributed by atoms with van der Waals surface area (Å²) in [5, 5.41) is 7.09. The van der Waals surface area contributed by atoms with Crippen LogP contribution in [0.3, 0.4) is 0 Å². The van der Waals surface area contributed by atoms with Gasteiger partial charge in [-0.3, -0.25) is 14.3 Å². The van der Waals surface area contributed by atoms with Crippen molar-refractivity contribution in [3.05, 3.63) is 48.8 Å². The van der Waals surface area contributed by atoms with Crippen molar-refractivity contribution in [2.45, 2.75) is 26.0 Å². The molecule has 1 aliphatic heterocycles. The largest absolute Gasteiger partial charge is 0.475 e. The van der Waals surface area contributed by atoms with Crippen molar-refractivity contribution in [1.29, 1.82) is 0 Å². The molecule has 2 aromatic rings. The van der Waals surface area contributed by atoms with E-state index in [1.54, 1.807) is 34.0 Å². The summed E-state index contributed by atoms with van der Waals surface area (Å²) in [5.41, 5.74) is 0.419. The molecule has 0 aromatic carbocycles. The summed E-state index contributed by atoms with van der Waals surface area (Å²) < 4.78 is 7.21. The molecule has 1 fully saturated rings. The van der Waals surface area contributed by atoms with Crippen LogP contribution >= 0.6 is 0 Å². The molecule has 0 spiro atoms. The number of hydrogen-bond acceptors (Lipinski definition) is 5. The lowest BCUT2D eigenvalue weighted by molar-refractivity contribution is -0.131. The second kappa shape index (κ2) is 7.38. The van der Waals surface area contributed by atoms with Crippen molar-refractivity contribution in [3.63, 3.8) is 0 Å². The van der Waals surface area contributed by atoms with Gasteiger partial charge in [-0.25, -0.2) is 4.98 Å². The quantitative estimate of drug-likeness (QED) is 0.799. The van der Waals surface area contributed by atoms with Gasteiger partial charge in [0, 0.05) is 37.6 Å². The summed E-state index contributed by atoms with van der Waals surface area (Å²) in [6.07, 6.45) is 4.58. The van der Waals surface area contributed by atoms with Crippen LogP contribution in [0.4, 0.5) is 5.82 Å². The maximum atomic E-state index is 12.3. The predicted octanol–water partition coefficient (Wildman–Crippen LogP) is 1.89. The molecule has 2 amide bonds. The first-order valence-corrected chi connectivity index (χ1v) is 8.37. The number of nitrogens with one attached hydrogen (secondary N) is 1. The van der Waals surface area contributed by atoms with Crippen LogP contribution in [-0.2, 0) is 4.79 Å². The first-order chi connectivity index (χ1) is 12.5. The van der Waals surface area contributed by atoms with E-state index in [4.69, 9.17) is 4.74 Å². The molecule has 8 heteroatoms. The van der Waals surface area contributed by atoms with Crippen LogP contribution in [0.5, 0.6) is 5.88 Å². The fourth-order valence-electron chi connectivity index (χ4n) is 2.55. The Balaban J connectivity index is 1.56. The van der Waals surface area contributed by atoms with Gasteiger partial charge in [0.25, 0.3) is 5.91 Å². The Morgan fingerprint density at radius 3 is 2.73 bits per heavy atom. The van der Waals surface area contributed by atoms with Gasteiger partial charge in [-0.1, -0.05) is 6.58 Å². The average molecular weight is 355 g/mol. The molecular weight excluding hydrogens is 334 g/mol. The van der Waals surface area contributed by atoms with Crippen molar-refractivity contribution >= 4 is 17.6 Å². The van der Waals surface area contributed by atoms with Gasteiger partial charge < -0.3 is 15.0 Å². The first kappa shape index (κ1) is 17.7. The van der Waals surface area contributed by atoms with Crippen LogP contribution in [0, 0.1) is 0 Å². The lowest BCUT2D eigenvalue weighted by Gasteiger charge is -2.38. The van der Waals surface area contributed by atoms with Gasteiger partial charge >= 0.3 is 0 Å². The van der Waals surface area contributed by atoms with Gasteiger partial charge in [0.1, 0.15) is 0 Å². The molecule has 3 rings (SSSR count). The number of carbonyl (C=O) groups excluding carboxylic acids is 2. The number of rotatable bonds is 6. The Hall–Kier alpha value is -3.16. The number of aromatic nitrogens is 3. The molecule has 3 heterocycles. The number of likely N-dealkylation sites (tertiary alicyclic amines) is 1. The van der Waals surface area contributed by atoms with Crippen molar-refractivity contribution in [3.8, 4) is 5.88 Å². The summed E-state index contributed by atoms with van der Waals surface area (Å²) in [4.78, 5) is 29.6.